The number of hydrogen-bond donors (Lipinski definition) is 2. The molecule has 0 atom stereocenters. The lowest BCUT2D eigenvalue weighted by Crippen LogP contribution is -2.02. The highest BCUT2D eigenvalue weighted by Gasteiger charge is 1.99. The monoisotopic (exact) mass is 226 g/mol. The van der Waals surface area contributed by atoms with E-state index >= 15 is 0 Å². The van der Waals surface area contributed by atoms with Gasteiger partial charge in [0.2, 0.25) is 0 Å². The third kappa shape index (κ3) is 4.25. The summed E-state index contributed by atoms with van der Waals surface area (Å²) in [7, 11) is 0. The van der Waals surface area contributed by atoms with E-state index in [-0.39, 0.29) is 6.42 Å². The van der Waals surface area contributed by atoms with Crippen molar-refractivity contribution in [3.05, 3.63) is 23.8 Å². The highest BCUT2D eigenvalue weighted by Crippen LogP contribution is 2.19. The maximum absolute atomic E-state index is 10.2. The number of aliphatic carboxylic acids is 1. The minimum atomic E-state index is -0.791. The summed E-state index contributed by atoms with van der Waals surface area (Å²) in [5, 5.41) is 8.43. The van der Waals surface area contributed by atoms with Crippen molar-refractivity contribution in [2.24, 2.45) is 0 Å². The smallest absolute Gasteiger partial charge is 0.303 e. The normalized spacial score (nSPS) is 10.0. The molecule has 82 valence electrons. The molecule has 0 bridgehead atoms. The number of carboxylic acid groups (broad SMARTS) is 1. The Balaban J connectivity index is 2.38. The van der Waals surface area contributed by atoms with Crippen LogP contribution in [0.2, 0.25) is 0 Å². The van der Waals surface area contributed by atoms with Crippen molar-refractivity contribution in [2.45, 2.75) is 24.7 Å². The lowest BCUT2D eigenvalue weighted by atomic mass is 10.2. The molecule has 1 aromatic rings. The summed E-state index contributed by atoms with van der Waals surface area (Å²) in [5.41, 5.74) is 1.05. The van der Waals surface area contributed by atoms with E-state index in [1.807, 2.05) is 25.1 Å². The van der Waals surface area contributed by atoms with Gasteiger partial charge in [0.15, 0.2) is 0 Å². The Kier molecular flexibility index (Phi) is 4.49. The van der Waals surface area contributed by atoms with Gasteiger partial charge in [-0.3, -0.25) is 4.79 Å². The van der Waals surface area contributed by atoms with E-state index in [4.69, 9.17) is 9.84 Å². The van der Waals surface area contributed by atoms with Crippen LogP contribution >= 0.6 is 12.6 Å². The van der Waals surface area contributed by atoms with Gasteiger partial charge in [0.25, 0.3) is 0 Å². The molecule has 0 unspecified atom stereocenters. The number of benzene rings is 1. The van der Waals surface area contributed by atoms with Crippen LogP contribution in [0.5, 0.6) is 5.75 Å². The number of ether oxygens (including phenoxy) is 1. The summed E-state index contributed by atoms with van der Waals surface area (Å²) in [4.78, 5) is 11.2. The number of rotatable bonds is 5. The van der Waals surface area contributed by atoms with Gasteiger partial charge in [-0.25, -0.2) is 0 Å². The number of carboxylic acids is 1. The van der Waals surface area contributed by atoms with E-state index < -0.39 is 5.97 Å². The van der Waals surface area contributed by atoms with Crippen molar-refractivity contribution in [2.75, 3.05) is 6.61 Å². The number of hydrogen-bond acceptors (Lipinski definition) is 3. The Bertz CT molecular complexity index is 350. The molecule has 15 heavy (non-hydrogen) atoms. The van der Waals surface area contributed by atoms with Gasteiger partial charge in [-0.05, 0) is 37.1 Å². The van der Waals surface area contributed by atoms with E-state index in [0.717, 1.165) is 16.2 Å². The standard InChI is InChI=1S/C11H14O3S/c1-8-7-9(4-5-10(8)15)14-6-2-3-11(12)13/h4-5,7,15H,2-3,6H2,1H3,(H,12,13). The van der Waals surface area contributed by atoms with Gasteiger partial charge in [-0.15, -0.1) is 12.6 Å². The maximum Gasteiger partial charge on any atom is 0.303 e. The summed E-state index contributed by atoms with van der Waals surface area (Å²) in [6, 6.07) is 5.59. The molecule has 1 aromatic carbocycles. The Labute approximate surface area is 94.5 Å². The first-order valence-corrected chi connectivity index (χ1v) is 5.18. The minimum Gasteiger partial charge on any atom is -0.494 e. The fourth-order valence-electron chi connectivity index (χ4n) is 1.13. The second kappa shape index (κ2) is 5.66. The summed E-state index contributed by atoms with van der Waals surface area (Å²) < 4.78 is 5.39. The average Bonchev–Trinajstić information content (AvgIpc) is 2.18. The van der Waals surface area contributed by atoms with Crippen LogP contribution in [0.3, 0.4) is 0 Å². The van der Waals surface area contributed by atoms with Crippen LogP contribution in [0.25, 0.3) is 0 Å². The first kappa shape index (κ1) is 11.9. The molecule has 0 heterocycles. The third-order valence-electron chi connectivity index (χ3n) is 1.97. The molecule has 0 fully saturated rings. The zero-order chi connectivity index (χ0) is 11.3. The van der Waals surface area contributed by atoms with Crippen LogP contribution < -0.4 is 4.74 Å². The molecule has 0 aliphatic carbocycles. The van der Waals surface area contributed by atoms with Crippen molar-refractivity contribution in [1.82, 2.24) is 0 Å². The fourth-order valence-corrected chi connectivity index (χ4v) is 1.27. The summed E-state index contributed by atoms with van der Waals surface area (Å²) in [5.74, 6) is -0.0313. The van der Waals surface area contributed by atoms with Crippen molar-refractivity contribution >= 4 is 18.6 Å². The van der Waals surface area contributed by atoms with Gasteiger partial charge >= 0.3 is 5.97 Å². The first-order valence-electron chi connectivity index (χ1n) is 4.74. The van der Waals surface area contributed by atoms with Crippen LogP contribution in [0.15, 0.2) is 23.1 Å². The number of thiol groups is 1. The molecule has 0 aromatic heterocycles. The zero-order valence-electron chi connectivity index (χ0n) is 8.56. The average molecular weight is 226 g/mol. The summed E-state index contributed by atoms with van der Waals surface area (Å²) >= 11 is 4.25. The van der Waals surface area contributed by atoms with E-state index in [1.54, 1.807) is 0 Å². The van der Waals surface area contributed by atoms with Gasteiger partial charge < -0.3 is 9.84 Å². The lowest BCUT2D eigenvalue weighted by molar-refractivity contribution is -0.137. The molecule has 0 amide bonds. The maximum atomic E-state index is 10.2. The van der Waals surface area contributed by atoms with Gasteiger partial charge in [0.05, 0.1) is 6.61 Å². The highest BCUT2D eigenvalue weighted by molar-refractivity contribution is 7.80. The van der Waals surface area contributed by atoms with Gasteiger partial charge in [-0.2, -0.15) is 0 Å². The lowest BCUT2D eigenvalue weighted by Gasteiger charge is -2.06. The highest BCUT2D eigenvalue weighted by atomic mass is 32.1. The molecule has 0 aliphatic rings. The second-order valence-corrected chi connectivity index (χ2v) is 3.78. The first-order chi connectivity index (χ1) is 7.09. The van der Waals surface area contributed by atoms with Crippen molar-refractivity contribution in [3.63, 3.8) is 0 Å². The van der Waals surface area contributed by atoms with Crippen molar-refractivity contribution < 1.29 is 14.6 Å². The molecular weight excluding hydrogens is 212 g/mol. The Morgan fingerprint density at radius 1 is 1.53 bits per heavy atom. The van der Waals surface area contributed by atoms with Crippen LogP contribution in [-0.4, -0.2) is 17.7 Å². The van der Waals surface area contributed by atoms with Crippen molar-refractivity contribution in [3.8, 4) is 5.75 Å². The van der Waals surface area contributed by atoms with E-state index in [0.29, 0.717) is 13.0 Å². The molecule has 4 heteroatoms. The molecule has 0 spiro atoms. The fraction of sp³-hybridized carbons (Fsp3) is 0.364. The Morgan fingerprint density at radius 3 is 2.87 bits per heavy atom. The molecule has 1 rings (SSSR count). The summed E-state index contributed by atoms with van der Waals surface area (Å²) in [6.45, 7) is 2.38. The van der Waals surface area contributed by atoms with Crippen LogP contribution in [0.1, 0.15) is 18.4 Å². The van der Waals surface area contributed by atoms with Crippen LogP contribution in [0, 0.1) is 6.92 Å². The molecule has 1 N–H and O–H groups in total. The van der Waals surface area contributed by atoms with Crippen LogP contribution in [-0.2, 0) is 4.79 Å². The quantitative estimate of drug-likeness (QED) is 0.599. The second-order valence-electron chi connectivity index (χ2n) is 3.29. The van der Waals surface area contributed by atoms with Crippen LogP contribution in [0.4, 0.5) is 0 Å². The molecular formula is C11H14O3S. The number of carbonyl (C=O) groups is 1. The molecule has 0 aliphatic heterocycles. The van der Waals surface area contributed by atoms with E-state index in [2.05, 4.69) is 12.6 Å². The molecule has 0 radical (unpaired) electrons. The largest absolute Gasteiger partial charge is 0.494 e. The predicted molar refractivity (Wildman–Crippen MR) is 60.8 cm³/mol. The SMILES string of the molecule is Cc1cc(OCCCC(=O)O)ccc1S. The van der Waals surface area contributed by atoms with Gasteiger partial charge in [0, 0.05) is 11.3 Å². The van der Waals surface area contributed by atoms with Gasteiger partial charge in [0.1, 0.15) is 5.75 Å². The predicted octanol–water partition coefficient (Wildman–Crippen LogP) is 2.53. The number of aryl methyl sites for hydroxylation is 1. The third-order valence-corrected chi connectivity index (χ3v) is 2.47. The molecule has 0 saturated carbocycles. The zero-order valence-corrected chi connectivity index (χ0v) is 9.46. The van der Waals surface area contributed by atoms with E-state index in [9.17, 15) is 4.79 Å². The Hall–Kier alpha value is -1.16. The van der Waals surface area contributed by atoms with Crippen molar-refractivity contribution in [1.29, 1.82) is 0 Å². The van der Waals surface area contributed by atoms with Gasteiger partial charge in [-0.1, -0.05) is 0 Å². The molecule has 3 nitrogen and oxygen atoms in total. The van der Waals surface area contributed by atoms with E-state index in [1.165, 1.54) is 0 Å². The minimum absolute atomic E-state index is 0.142. The topological polar surface area (TPSA) is 46.5 Å². The Morgan fingerprint density at radius 2 is 2.27 bits per heavy atom. The molecule has 0 saturated heterocycles. The summed E-state index contributed by atoms with van der Waals surface area (Å²) in [6.07, 6.45) is 0.667.